The van der Waals surface area contributed by atoms with Gasteiger partial charge in [0.05, 0.1) is 22.7 Å². The van der Waals surface area contributed by atoms with Crippen LogP contribution in [-0.2, 0) is 13.1 Å². The Kier molecular flexibility index (Phi) is 18.9. The third-order valence-electron chi connectivity index (χ3n) is 14.2. The molecule has 0 aliphatic carbocycles. The molecular weight excluding hydrogens is 979 g/mol. The predicted molar refractivity (Wildman–Crippen MR) is 301 cm³/mol. The van der Waals surface area contributed by atoms with Gasteiger partial charge in [-0.05, 0) is 107 Å². The smallest absolute Gasteiger partial charge is 0.272 e. The summed E-state index contributed by atoms with van der Waals surface area (Å²) < 4.78 is 3.63. The number of aromatic nitrogens is 5. The number of aromatic amines is 3. The van der Waals surface area contributed by atoms with Crippen molar-refractivity contribution >= 4 is 69.1 Å². The summed E-state index contributed by atoms with van der Waals surface area (Å²) in [5, 5.41) is 18.3. The number of rotatable bonds is 24. The van der Waals surface area contributed by atoms with Crippen LogP contribution in [0.1, 0.15) is 116 Å². The summed E-state index contributed by atoms with van der Waals surface area (Å²) in [6.07, 6.45) is 9.90. The molecule has 0 saturated carbocycles. The van der Waals surface area contributed by atoms with Crippen LogP contribution in [0, 0.1) is 11.8 Å². The van der Waals surface area contributed by atoms with Gasteiger partial charge in [-0.3, -0.25) is 28.8 Å². The molecule has 8 rings (SSSR count). The van der Waals surface area contributed by atoms with Crippen LogP contribution in [0.4, 0.5) is 22.7 Å². The molecule has 21 nitrogen and oxygen atoms in total. The Morgan fingerprint density at radius 1 is 0.494 bits per heavy atom. The highest BCUT2D eigenvalue weighted by Gasteiger charge is 2.22. The summed E-state index contributed by atoms with van der Waals surface area (Å²) in [5.41, 5.74) is 4.22. The van der Waals surface area contributed by atoms with Gasteiger partial charge in [-0.1, -0.05) is 33.8 Å². The molecule has 2 saturated heterocycles. The lowest BCUT2D eigenvalue weighted by atomic mass is 10.1. The van der Waals surface area contributed by atoms with Gasteiger partial charge in [0.15, 0.2) is 0 Å². The fourth-order valence-corrected chi connectivity index (χ4v) is 9.42. The van der Waals surface area contributed by atoms with Crippen LogP contribution in [0.5, 0.6) is 0 Å². The van der Waals surface area contributed by atoms with E-state index in [1.807, 2.05) is 9.13 Å². The van der Waals surface area contributed by atoms with Gasteiger partial charge < -0.3 is 75.6 Å². The lowest BCUT2D eigenvalue weighted by Crippen LogP contribution is -2.45. The van der Waals surface area contributed by atoms with Crippen molar-refractivity contribution in [3.63, 3.8) is 0 Å². The molecule has 412 valence electrons. The zero-order valence-corrected chi connectivity index (χ0v) is 45.4. The summed E-state index contributed by atoms with van der Waals surface area (Å²) in [4.78, 5) is 99.4. The molecular formula is C56H77N15O6. The van der Waals surface area contributed by atoms with Gasteiger partial charge in [0.2, 0.25) is 0 Å². The largest absolute Gasteiger partial charge is 0.355 e. The zero-order chi connectivity index (χ0) is 54.6. The number of carbonyl (C=O) groups excluding carboxylic acids is 6. The van der Waals surface area contributed by atoms with Crippen LogP contribution in [0.25, 0.3) is 10.9 Å². The number of amides is 6. The van der Waals surface area contributed by atoms with Crippen molar-refractivity contribution in [2.24, 2.45) is 11.8 Å². The highest BCUT2D eigenvalue weighted by molar-refractivity contribution is 6.11. The fourth-order valence-electron chi connectivity index (χ4n) is 9.42. The Hall–Kier alpha value is -7.46. The number of nitrogens with one attached hydrogen (secondary N) is 9. The average molecular weight is 1060 g/mol. The molecule has 7 heterocycles. The first-order valence-electron chi connectivity index (χ1n) is 27.1. The van der Waals surface area contributed by atoms with Crippen LogP contribution in [-0.4, -0.2) is 172 Å². The maximum atomic E-state index is 13.8. The Balaban J connectivity index is 0.857. The van der Waals surface area contributed by atoms with E-state index in [-0.39, 0.29) is 17.5 Å². The van der Waals surface area contributed by atoms with Gasteiger partial charge in [0.1, 0.15) is 28.5 Å². The number of fused-ring (bicyclic) bond motifs is 1. The Labute approximate surface area is 450 Å². The minimum atomic E-state index is -0.440. The van der Waals surface area contributed by atoms with E-state index < -0.39 is 23.6 Å². The minimum Gasteiger partial charge on any atom is -0.355 e. The molecule has 2 fully saturated rings. The lowest BCUT2D eigenvalue weighted by Gasteiger charge is -2.32. The summed E-state index contributed by atoms with van der Waals surface area (Å²) >= 11 is 0. The molecule has 0 radical (unpaired) electrons. The molecule has 0 atom stereocenters. The van der Waals surface area contributed by atoms with Crippen LogP contribution >= 0.6 is 0 Å². The van der Waals surface area contributed by atoms with Crippen molar-refractivity contribution in [3.05, 3.63) is 107 Å². The normalized spacial score (nSPS) is 14.8. The molecule has 0 unspecified atom stereocenters. The van der Waals surface area contributed by atoms with Crippen molar-refractivity contribution in [1.29, 1.82) is 0 Å². The number of hydrogen-bond donors (Lipinski definition) is 9. The third-order valence-corrected chi connectivity index (χ3v) is 14.2. The number of aryl methyl sites for hydroxylation is 2. The molecule has 2 aliphatic heterocycles. The van der Waals surface area contributed by atoms with Crippen LogP contribution < -0.4 is 31.9 Å². The van der Waals surface area contributed by atoms with Gasteiger partial charge in [0, 0.05) is 120 Å². The van der Waals surface area contributed by atoms with Gasteiger partial charge in [0.25, 0.3) is 35.4 Å². The highest BCUT2D eigenvalue weighted by Crippen LogP contribution is 2.24. The van der Waals surface area contributed by atoms with Crippen molar-refractivity contribution in [2.45, 2.75) is 66.5 Å². The summed E-state index contributed by atoms with van der Waals surface area (Å²) in [6.45, 7) is 20.7. The Morgan fingerprint density at radius 2 is 0.948 bits per heavy atom. The van der Waals surface area contributed by atoms with Crippen molar-refractivity contribution < 1.29 is 28.8 Å². The first-order chi connectivity index (χ1) is 37.0. The predicted octanol–water partition coefficient (Wildman–Crippen LogP) is 6.26. The van der Waals surface area contributed by atoms with Gasteiger partial charge in [-0.2, -0.15) is 0 Å². The van der Waals surface area contributed by atoms with Crippen LogP contribution in [0.15, 0.2) is 73.3 Å². The SMILES string of the molecule is CC(C)CCn1cc(NC(=O)c2ccc3cc(C(=O)Nc4cc(C(=O)Nc5c[nH]c(C(=O)NCCCN6CCN(C)CC6)c5)n(CCC(C)C)c4)[nH]c3c2)cc1C(=O)Nc1c[nH]c(C(=O)NCCCN2CCN(C)CC2)c1. The van der Waals surface area contributed by atoms with E-state index in [4.69, 9.17) is 0 Å². The van der Waals surface area contributed by atoms with E-state index in [9.17, 15) is 28.8 Å². The number of hydrogen-bond acceptors (Lipinski definition) is 10. The van der Waals surface area contributed by atoms with Gasteiger partial charge in [-0.15, -0.1) is 0 Å². The summed E-state index contributed by atoms with van der Waals surface area (Å²) in [5.74, 6) is -1.43. The first kappa shape index (κ1) is 55.8. The van der Waals surface area contributed by atoms with Crippen molar-refractivity contribution in [1.82, 2.24) is 54.3 Å². The number of carbonyl (C=O) groups is 6. The standard InChI is InChI=1S/C56H77N15O6/c1-37(2)11-17-70-35-43(31-49(70)55(76)61-41-29-46(59-33-41)52(73)57-13-7-15-68-23-19-66(5)20-24-68)63-51(72)40-10-9-39-27-48(65-45(39)28-40)54(75)64-44-32-50(71(36-44)18-12-38(3)4)56(77)62-42-30-47(60-34-42)53(74)58-14-8-16-69-25-21-67(6)22-26-69/h9-10,27-38,59-60,65H,7-8,11-26H2,1-6H3,(H,57,73)(H,58,74)(H,61,76)(H,62,77)(H,63,72)(H,64,75). The highest BCUT2D eigenvalue weighted by atomic mass is 16.2. The molecule has 77 heavy (non-hydrogen) atoms. The lowest BCUT2D eigenvalue weighted by molar-refractivity contribution is 0.0937. The minimum absolute atomic E-state index is 0.248. The topological polar surface area (TPSA) is 245 Å². The molecule has 0 bridgehead atoms. The average Bonchev–Trinajstić information content (AvgIpc) is 4.28. The molecule has 1 aromatic carbocycles. The molecule has 6 amide bonds. The Morgan fingerprint density at radius 3 is 1.42 bits per heavy atom. The molecule has 5 aromatic heterocycles. The quantitative estimate of drug-likeness (QED) is 0.0308. The number of likely N-dealkylation sites (N-methyl/N-ethyl adjacent to an activating group) is 2. The van der Waals surface area contributed by atoms with Crippen molar-refractivity contribution in [3.8, 4) is 0 Å². The third kappa shape index (κ3) is 15.6. The molecule has 0 spiro atoms. The molecule has 6 aromatic rings. The molecule has 2 aliphatic rings. The number of benzene rings is 1. The van der Waals surface area contributed by atoms with E-state index in [0.29, 0.717) is 100 Å². The van der Waals surface area contributed by atoms with E-state index in [2.05, 4.69) is 108 Å². The maximum Gasteiger partial charge on any atom is 0.272 e. The van der Waals surface area contributed by atoms with Crippen LogP contribution in [0.3, 0.4) is 0 Å². The number of nitrogens with zero attached hydrogens (tertiary/aromatic N) is 6. The number of piperazine rings is 2. The number of anilines is 4. The molecule has 9 N–H and O–H groups in total. The number of H-pyrrole nitrogens is 3. The second-order valence-corrected chi connectivity index (χ2v) is 21.4. The van der Waals surface area contributed by atoms with Crippen molar-refractivity contribution in [2.75, 3.05) is 114 Å². The van der Waals surface area contributed by atoms with E-state index in [1.165, 1.54) is 0 Å². The summed E-state index contributed by atoms with van der Waals surface area (Å²) in [7, 11) is 4.25. The van der Waals surface area contributed by atoms with E-state index in [1.54, 1.807) is 73.3 Å². The van der Waals surface area contributed by atoms with Gasteiger partial charge >= 0.3 is 0 Å². The zero-order valence-electron chi connectivity index (χ0n) is 45.4. The van der Waals surface area contributed by atoms with E-state index in [0.717, 1.165) is 91.1 Å². The second kappa shape index (κ2) is 26.1. The monoisotopic (exact) mass is 1060 g/mol. The van der Waals surface area contributed by atoms with Crippen LogP contribution in [0.2, 0.25) is 0 Å². The second-order valence-electron chi connectivity index (χ2n) is 21.4. The molecule has 21 heteroatoms. The maximum absolute atomic E-state index is 13.8. The Bertz CT molecular complexity index is 2840. The van der Waals surface area contributed by atoms with Gasteiger partial charge in [-0.25, -0.2) is 0 Å². The fraction of sp³-hybridized carbons (Fsp3) is 0.464. The van der Waals surface area contributed by atoms with E-state index >= 15 is 0 Å². The first-order valence-corrected chi connectivity index (χ1v) is 27.1. The summed E-state index contributed by atoms with van der Waals surface area (Å²) in [6, 6.07) is 13.2.